The topological polar surface area (TPSA) is 70.6 Å². The summed E-state index contributed by atoms with van der Waals surface area (Å²) in [5.74, 6) is 0.130. The predicted octanol–water partition coefficient (Wildman–Crippen LogP) is 1.40. The molecule has 0 aromatic heterocycles. The lowest BCUT2D eigenvalue weighted by atomic mass is 10.1. The molecule has 0 saturated carbocycles. The molecule has 86 valence electrons. The lowest BCUT2D eigenvalue weighted by Gasteiger charge is -1.99. The number of nitrogens with two attached hydrogens (primary N) is 1. The van der Waals surface area contributed by atoms with Crippen LogP contribution in [0, 0.1) is 0 Å². The van der Waals surface area contributed by atoms with Crippen LogP contribution in [0.5, 0.6) is 0 Å². The molecule has 0 amide bonds. The minimum Gasteiger partial charge on any atom is -0.409 e. The molecule has 1 aromatic rings. The first-order chi connectivity index (χ1) is 7.77. The van der Waals surface area contributed by atoms with Crippen LogP contribution in [0.1, 0.15) is 17.5 Å². The molecule has 4 N–H and O–H groups in total. The van der Waals surface area contributed by atoms with Crippen LogP contribution in [0.2, 0.25) is 0 Å². The third-order valence-corrected chi connectivity index (χ3v) is 2.19. The van der Waals surface area contributed by atoms with Gasteiger partial charge in [0.15, 0.2) is 5.84 Å². The van der Waals surface area contributed by atoms with Crippen LogP contribution in [0.25, 0.3) is 6.08 Å². The van der Waals surface area contributed by atoms with Gasteiger partial charge in [0.1, 0.15) is 0 Å². The number of nitrogens with one attached hydrogen (secondary N) is 1. The second kappa shape index (κ2) is 6.63. The Morgan fingerprint density at radius 1 is 1.44 bits per heavy atom. The zero-order valence-corrected chi connectivity index (χ0v) is 9.35. The lowest BCUT2D eigenvalue weighted by molar-refractivity contribution is 0.318. The van der Waals surface area contributed by atoms with Crippen LogP contribution < -0.4 is 11.1 Å². The minimum atomic E-state index is 0.130. The molecule has 0 heterocycles. The highest BCUT2D eigenvalue weighted by atomic mass is 16.4. The van der Waals surface area contributed by atoms with E-state index in [0.29, 0.717) is 0 Å². The molecule has 0 aliphatic heterocycles. The van der Waals surface area contributed by atoms with Crippen molar-refractivity contribution in [3.05, 3.63) is 41.5 Å². The van der Waals surface area contributed by atoms with Crippen molar-refractivity contribution in [2.24, 2.45) is 10.9 Å². The average molecular weight is 219 g/mol. The van der Waals surface area contributed by atoms with Crippen molar-refractivity contribution in [2.75, 3.05) is 13.6 Å². The van der Waals surface area contributed by atoms with Gasteiger partial charge in [-0.3, -0.25) is 0 Å². The van der Waals surface area contributed by atoms with E-state index in [-0.39, 0.29) is 5.84 Å². The molecule has 4 heteroatoms. The molecule has 4 nitrogen and oxygen atoms in total. The third kappa shape index (κ3) is 3.74. The summed E-state index contributed by atoms with van der Waals surface area (Å²) in [7, 11) is 1.93. The molecule has 1 aromatic carbocycles. The van der Waals surface area contributed by atoms with Crippen LogP contribution in [-0.2, 0) is 0 Å². The van der Waals surface area contributed by atoms with Crippen molar-refractivity contribution in [2.45, 2.75) is 6.42 Å². The molecule has 0 radical (unpaired) electrons. The van der Waals surface area contributed by atoms with Crippen molar-refractivity contribution < 1.29 is 5.21 Å². The summed E-state index contributed by atoms with van der Waals surface area (Å²) < 4.78 is 0. The Bertz CT molecular complexity index is 368. The van der Waals surface area contributed by atoms with Crippen LogP contribution >= 0.6 is 0 Å². The maximum Gasteiger partial charge on any atom is 0.170 e. The second-order valence-corrected chi connectivity index (χ2v) is 3.40. The quantitative estimate of drug-likeness (QED) is 0.230. The first-order valence-corrected chi connectivity index (χ1v) is 5.17. The number of rotatable bonds is 5. The summed E-state index contributed by atoms with van der Waals surface area (Å²) in [6, 6.07) is 7.52. The Balaban J connectivity index is 2.61. The maximum atomic E-state index is 8.50. The molecular formula is C12H17N3O. The standard InChI is InChI=1S/C12H17N3O/c1-14-9-3-2-4-10-5-7-11(8-6-10)12(13)15-16/h2,4-8,14,16H,3,9H2,1H3,(H2,13,15). The zero-order chi connectivity index (χ0) is 11.8. The van der Waals surface area contributed by atoms with E-state index in [2.05, 4.69) is 16.5 Å². The zero-order valence-electron chi connectivity index (χ0n) is 9.35. The summed E-state index contributed by atoms with van der Waals surface area (Å²) in [4.78, 5) is 0. The summed E-state index contributed by atoms with van der Waals surface area (Å²) in [5, 5.41) is 14.5. The fraction of sp³-hybridized carbons (Fsp3) is 0.250. The first kappa shape index (κ1) is 12.3. The van der Waals surface area contributed by atoms with Crippen molar-refractivity contribution in [1.82, 2.24) is 5.32 Å². The molecule has 0 bridgehead atoms. The fourth-order valence-corrected chi connectivity index (χ4v) is 1.27. The van der Waals surface area contributed by atoms with Crippen molar-refractivity contribution in [3.63, 3.8) is 0 Å². The SMILES string of the molecule is CNCCC=Cc1ccc(C(N)=NO)cc1. The number of amidine groups is 1. The number of hydrogen-bond acceptors (Lipinski definition) is 3. The molecule has 0 aliphatic carbocycles. The van der Waals surface area contributed by atoms with Crippen LogP contribution in [0.3, 0.4) is 0 Å². The van der Waals surface area contributed by atoms with E-state index in [1.165, 1.54) is 0 Å². The van der Waals surface area contributed by atoms with Crippen LogP contribution in [0.15, 0.2) is 35.5 Å². The van der Waals surface area contributed by atoms with E-state index >= 15 is 0 Å². The Kier molecular flexibility index (Phi) is 5.08. The van der Waals surface area contributed by atoms with Crippen molar-refractivity contribution in [3.8, 4) is 0 Å². The lowest BCUT2D eigenvalue weighted by Crippen LogP contribution is -2.12. The molecule has 0 spiro atoms. The van der Waals surface area contributed by atoms with Gasteiger partial charge in [0.25, 0.3) is 0 Å². The van der Waals surface area contributed by atoms with Gasteiger partial charge in [-0.1, -0.05) is 41.6 Å². The smallest absolute Gasteiger partial charge is 0.170 e. The van der Waals surface area contributed by atoms with Crippen LogP contribution in [0.4, 0.5) is 0 Å². The fourth-order valence-electron chi connectivity index (χ4n) is 1.27. The van der Waals surface area contributed by atoms with Gasteiger partial charge >= 0.3 is 0 Å². The molecular weight excluding hydrogens is 202 g/mol. The molecule has 0 unspecified atom stereocenters. The predicted molar refractivity (Wildman–Crippen MR) is 66.5 cm³/mol. The molecule has 0 fully saturated rings. The number of oxime groups is 1. The second-order valence-electron chi connectivity index (χ2n) is 3.40. The molecule has 1 rings (SSSR count). The summed E-state index contributed by atoms with van der Waals surface area (Å²) in [6.45, 7) is 0.971. The van der Waals surface area contributed by atoms with Crippen molar-refractivity contribution in [1.29, 1.82) is 0 Å². The van der Waals surface area contributed by atoms with E-state index in [0.717, 1.165) is 24.1 Å². The highest BCUT2D eigenvalue weighted by Gasteiger charge is 1.96. The van der Waals surface area contributed by atoms with Gasteiger partial charge in [0.05, 0.1) is 0 Å². The summed E-state index contributed by atoms with van der Waals surface area (Å²) in [5.41, 5.74) is 7.28. The normalized spacial score (nSPS) is 12.2. The molecule has 16 heavy (non-hydrogen) atoms. The van der Waals surface area contributed by atoms with E-state index in [9.17, 15) is 0 Å². The van der Waals surface area contributed by atoms with E-state index in [1.54, 1.807) is 0 Å². The first-order valence-electron chi connectivity index (χ1n) is 5.17. The van der Waals surface area contributed by atoms with Gasteiger partial charge < -0.3 is 16.3 Å². The minimum absolute atomic E-state index is 0.130. The largest absolute Gasteiger partial charge is 0.409 e. The third-order valence-electron chi connectivity index (χ3n) is 2.19. The van der Waals surface area contributed by atoms with Gasteiger partial charge in [-0.05, 0) is 25.6 Å². The highest BCUT2D eigenvalue weighted by molar-refractivity contribution is 5.97. The van der Waals surface area contributed by atoms with Crippen LogP contribution in [-0.4, -0.2) is 24.6 Å². The monoisotopic (exact) mass is 219 g/mol. The maximum absolute atomic E-state index is 8.50. The highest BCUT2D eigenvalue weighted by Crippen LogP contribution is 2.06. The van der Waals surface area contributed by atoms with Gasteiger partial charge in [-0.25, -0.2) is 0 Å². The number of benzene rings is 1. The van der Waals surface area contributed by atoms with E-state index < -0.39 is 0 Å². The van der Waals surface area contributed by atoms with Crippen molar-refractivity contribution >= 4 is 11.9 Å². The average Bonchev–Trinajstić information content (AvgIpc) is 2.34. The Labute approximate surface area is 95.5 Å². The number of hydrogen-bond donors (Lipinski definition) is 3. The van der Waals surface area contributed by atoms with E-state index in [4.69, 9.17) is 10.9 Å². The molecule has 0 saturated heterocycles. The summed E-state index contributed by atoms with van der Waals surface area (Å²) in [6.07, 6.45) is 5.15. The molecule has 0 atom stereocenters. The Morgan fingerprint density at radius 3 is 2.69 bits per heavy atom. The van der Waals surface area contributed by atoms with E-state index in [1.807, 2.05) is 37.4 Å². The van der Waals surface area contributed by atoms with Gasteiger partial charge in [-0.2, -0.15) is 0 Å². The summed E-state index contributed by atoms with van der Waals surface area (Å²) >= 11 is 0. The van der Waals surface area contributed by atoms with Gasteiger partial charge in [-0.15, -0.1) is 0 Å². The Hall–Kier alpha value is -1.81. The van der Waals surface area contributed by atoms with Gasteiger partial charge in [0, 0.05) is 5.56 Å². The Morgan fingerprint density at radius 2 is 2.12 bits per heavy atom. The number of nitrogens with zero attached hydrogens (tertiary/aromatic N) is 1. The molecule has 0 aliphatic rings. The van der Waals surface area contributed by atoms with Gasteiger partial charge in [0.2, 0.25) is 0 Å².